The van der Waals surface area contributed by atoms with E-state index in [9.17, 15) is 4.79 Å². The number of aldehydes is 1. The summed E-state index contributed by atoms with van der Waals surface area (Å²) < 4.78 is 1.99. The maximum atomic E-state index is 10.9. The Hall–Kier alpha value is -1.03. The van der Waals surface area contributed by atoms with Gasteiger partial charge in [0.1, 0.15) is 5.69 Å². The lowest BCUT2D eigenvalue weighted by molar-refractivity contribution is 0.111. The van der Waals surface area contributed by atoms with Crippen LogP contribution in [-0.4, -0.2) is 21.8 Å². The molecule has 16 heavy (non-hydrogen) atoms. The summed E-state index contributed by atoms with van der Waals surface area (Å²) in [7, 11) is 0. The standard InChI is InChI=1S/C12H16N2OS/c1-3-9(2)6-14-12-4-5-16-8-10(12)11(7-15)13-14/h3,7H,4-6,8H2,1-2H3/b9-3+. The van der Waals surface area contributed by atoms with Gasteiger partial charge in [-0.15, -0.1) is 0 Å². The molecule has 0 aliphatic carbocycles. The van der Waals surface area contributed by atoms with Gasteiger partial charge in [-0.3, -0.25) is 9.48 Å². The van der Waals surface area contributed by atoms with Crippen LogP contribution in [0.5, 0.6) is 0 Å². The number of thioether (sulfide) groups is 1. The van der Waals surface area contributed by atoms with Crippen molar-refractivity contribution in [2.45, 2.75) is 32.6 Å². The third-order valence-corrected chi connectivity index (χ3v) is 3.92. The van der Waals surface area contributed by atoms with Gasteiger partial charge in [0.15, 0.2) is 6.29 Å². The number of allylic oxidation sites excluding steroid dienone is 2. The summed E-state index contributed by atoms with van der Waals surface area (Å²) in [5.41, 5.74) is 4.31. The number of hydrogen-bond acceptors (Lipinski definition) is 3. The molecule has 0 N–H and O–H groups in total. The van der Waals surface area contributed by atoms with Gasteiger partial charge < -0.3 is 0 Å². The molecule has 0 aromatic carbocycles. The average Bonchev–Trinajstić information content (AvgIpc) is 2.68. The number of aromatic nitrogens is 2. The Morgan fingerprint density at radius 3 is 3.12 bits per heavy atom. The fourth-order valence-electron chi connectivity index (χ4n) is 1.89. The molecule has 0 fully saturated rings. The molecule has 2 heterocycles. The van der Waals surface area contributed by atoms with E-state index in [0.717, 1.165) is 36.3 Å². The van der Waals surface area contributed by atoms with Crippen LogP contribution < -0.4 is 0 Å². The molecule has 1 aromatic heterocycles. The predicted octanol–water partition coefficient (Wildman–Crippen LogP) is 2.45. The van der Waals surface area contributed by atoms with Gasteiger partial charge in [-0.25, -0.2) is 0 Å². The molecular formula is C12H16N2OS. The molecule has 1 aromatic rings. The van der Waals surface area contributed by atoms with Crippen molar-refractivity contribution in [2.24, 2.45) is 0 Å². The Bertz CT molecular complexity index is 434. The minimum atomic E-state index is 0.631. The predicted molar refractivity (Wildman–Crippen MR) is 66.9 cm³/mol. The fraction of sp³-hybridized carbons (Fsp3) is 0.500. The second kappa shape index (κ2) is 4.87. The molecular weight excluding hydrogens is 220 g/mol. The Balaban J connectivity index is 2.38. The van der Waals surface area contributed by atoms with Gasteiger partial charge in [0.25, 0.3) is 0 Å². The highest BCUT2D eigenvalue weighted by atomic mass is 32.2. The van der Waals surface area contributed by atoms with Crippen LogP contribution >= 0.6 is 11.8 Å². The Morgan fingerprint density at radius 1 is 1.62 bits per heavy atom. The van der Waals surface area contributed by atoms with Gasteiger partial charge >= 0.3 is 0 Å². The summed E-state index contributed by atoms with van der Waals surface area (Å²) in [6, 6.07) is 0. The van der Waals surface area contributed by atoms with E-state index in [4.69, 9.17) is 0 Å². The highest BCUT2D eigenvalue weighted by Gasteiger charge is 2.20. The van der Waals surface area contributed by atoms with Crippen molar-refractivity contribution < 1.29 is 4.79 Å². The van der Waals surface area contributed by atoms with E-state index in [1.165, 1.54) is 11.3 Å². The summed E-state index contributed by atoms with van der Waals surface area (Å²) in [5, 5.41) is 4.39. The first kappa shape index (κ1) is 11.5. The molecule has 1 aliphatic rings. The number of rotatable bonds is 3. The summed E-state index contributed by atoms with van der Waals surface area (Å²) in [5.74, 6) is 2.06. The molecule has 0 unspecified atom stereocenters. The highest BCUT2D eigenvalue weighted by Crippen LogP contribution is 2.27. The highest BCUT2D eigenvalue weighted by molar-refractivity contribution is 7.98. The first-order chi connectivity index (χ1) is 7.76. The van der Waals surface area contributed by atoms with Crippen molar-refractivity contribution in [3.8, 4) is 0 Å². The second-order valence-corrected chi connectivity index (χ2v) is 5.13. The van der Waals surface area contributed by atoms with E-state index in [0.29, 0.717) is 5.69 Å². The monoisotopic (exact) mass is 236 g/mol. The maximum absolute atomic E-state index is 10.9. The SMILES string of the molecule is C/C=C(\C)Cn1nc(C=O)c2c1CCSC2. The Morgan fingerprint density at radius 2 is 2.44 bits per heavy atom. The van der Waals surface area contributed by atoms with Gasteiger partial charge in [0, 0.05) is 17.0 Å². The fourth-order valence-corrected chi connectivity index (χ4v) is 2.89. The lowest BCUT2D eigenvalue weighted by atomic mass is 10.1. The molecule has 86 valence electrons. The molecule has 0 saturated heterocycles. The van der Waals surface area contributed by atoms with Crippen LogP contribution in [0.2, 0.25) is 0 Å². The van der Waals surface area contributed by atoms with E-state index in [1.807, 2.05) is 23.4 Å². The van der Waals surface area contributed by atoms with Crippen LogP contribution in [0.1, 0.15) is 35.6 Å². The van der Waals surface area contributed by atoms with Gasteiger partial charge in [0.2, 0.25) is 0 Å². The van der Waals surface area contributed by atoms with Crippen molar-refractivity contribution in [1.29, 1.82) is 0 Å². The zero-order valence-corrected chi connectivity index (χ0v) is 10.5. The number of carbonyl (C=O) groups excluding carboxylic acids is 1. The number of carbonyl (C=O) groups is 1. The van der Waals surface area contributed by atoms with E-state index in [2.05, 4.69) is 18.1 Å². The summed E-state index contributed by atoms with van der Waals surface area (Å²) in [4.78, 5) is 10.9. The van der Waals surface area contributed by atoms with Crippen LogP contribution in [0.15, 0.2) is 11.6 Å². The van der Waals surface area contributed by atoms with Crippen molar-refractivity contribution in [1.82, 2.24) is 9.78 Å². The molecule has 0 saturated carbocycles. The zero-order chi connectivity index (χ0) is 11.5. The van der Waals surface area contributed by atoms with Crippen LogP contribution in [0.25, 0.3) is 0 Å². The minimum Gasteiger partial charge on any atom is -0.296 e. The molecule has 0 bridgehead atoms. The van der Waals surface area contributed by atoms with Gasteiger partial charge in [0.05, 0.1) is 6.54 Å². The molecule has 0 spiro atoms. The summed E-state index contributed by atoms with van der Waals surface area (Å²) >= 11 is 1.88. The lowest BCUT2D eigenvalue weighted by Gasteiger charge is -2.13. The van der Waals surface area contributed by atoms with Crippen LogP contribution in [0.4, 0.5) is 0 Å². The molecule has 0 radical (unpaired) electrons. The molecule has 3 nitrogen and oxygen atoms in total. The van der Waals surface area contributed by atoms with Gasteiger partial charge in [-0.1, -0.05) is 11.6 Å². The molecule has 0 amide bonds. The minimum absolute atomic E-state index is 0.631. The average molecular weight is 236 g/mol. The van der Waals surface area contributed by atoms with E-state index in [-0.39, 0.29) is 0 Å². The lowest BCUT2D eigenvalue weighted by Crippen LogP contribution is -2.10. The smallest absolute Gasteiger partial charge is 0.170 e. The molecule has 2 rings (SSSR count). The molecule has 1 aliphatic heterocycles. The normalized spacial score (nSPS) is 16.0. The van der Waals surface area contributed by atoms with Crippen LogP contribution in [0.3, 0.4) is 0 Å². The van der Waals surface area contributed by atoms with Gasteiger partial charge in [-0.2, -0.15) is 16.9 Å². The quantitative estimate of drug-likeness (QED) is 0.597. The Labute approximate surface area is 99.9 Å². The zero-order valence-electron chi connectivity index (χ0n) is 9.69. The third kappa shape index (κ3) is 2.07. The van der Waals surface area contributed by atoms with Crippen molar-refractivity contribution in [3.63, 3.8) is 0 Å². The Kier molecular flexibility index (Phi) is 3.49. The van der Waals surface area contributed by atoms with Crippen molar-refractivity contribution >= 4 is 18.0 Å². The second-order valence-electron chi connectivity index (χ2n) is 4.02. The summed E-state index contributed by atoms with van der Waals surface area (Å²) in [6.07, 6.45) is 4.00. The molecule has 0 atom stereocenters. The third-order valence-electron chi connectivity index (χ3n) is 2.93. The van der Waals surface area contributed by atoms with Crippen LogP contribution in [0, 0.1) is 0 Å². The van der Waals surface area contributed by atoms with Crippen LogP contribution in [-0.2, 0) is 18.7 Å². The van der Waals surface area contributed by atoms with E-state index in [1.54, 1.807) is 0 Å². The largest absolute Gasteiger partial charge is 0.296 e. The molecule has 4 heteroatoms. The first-order valence-corrected chi connectivity index (χ1v) is 6.65. The topological polar surface area (TPSA) is 34.9 Å². The number of fused-ring (bicyclic) bond motifs is 1. The van der Waals surface area contributed by atoms with Crippen molar-refractivity contribution in [2.75, 3.05) is 5.75 Å². The number of nitrogens with zero attached hydrogens (tertiary/aromatic N) is 2. The number of hydrogen-bond donors (Lipinski definition) is 0. The van der Waals surface area contributed by atoms with E-state index < -0.39 is 0 Å². The van der Waals surface area contributed by atoms with Crippen molar-refractivity contribution in [3.05, 3.63) is 28.6 Å². The van der Waals surface area contributed by atoms with E-state index >= 15 is 0 Å². The summed E-state index contributed by atoms with van der Waals surface area (Å²) in [6.45, 7) is 4.92. The maximum Gasteiger partial charge on any atom is 0.170 e. The first-order valence-electron chi connectivity index (χ1n) is 5.49. The van der Waals surface area contributed by atoms with Gasteiger partial charge in [-0.05, 0) is 26.0 Å².